The van der Waals surface area contributed by atoms with Gasteiger partial charge in [0, 0.05) is 25.7 Å². The maximum absolute atomic E-state index is 12.5. The fraction of sp³-hybridized carbons (Fsp3) is 0.929. The van der Waals surface area contributed by atoms with Crippen LogP contribution in [0.3, 0.4) is 0 Å². The average molecular weight is 291 g/mol. The maximum Gasteiger partial charge on any atom is 0.251 e. The molecule has 1 aliphatic rings. The van der Waals surface area contributed by atoms with Gasteiger partial charge in [0.2, 0.25) is 5.91 Å². The van der Waals surface area contributed by atoms with Gasteiger partial charge < -0.3 is 10.6 Å². The van der Waals surface area contributed by atoms with E-state index in [1.807, 2.05) is 13.8 Å². The lowest BCUT2D eigenvalue weighted by molar-refractivity contribution is -0.140. The van der Waals surface area contributed by atoms with E-state index in [-0.39, 0.29) is 18.5 Å². The van der Waals surface area contributed by atoms with Crippen LogP contribution < -0.4 is 5.73 Å². The van der Waals surface area contributed by atoms with Gasteiger partial charge in [0.1, 0.15) is 0 Å². The number of piperazine rings is 1. The van der Waals surface area contributed by atoms with Gasteiger partial charge in [-0.2, -0.15) is 0 Å². The first-order valence-electron chi connectivity index (χ1n) is 7.42. The number of amides is 1. The molecular formula is C14H27F2N3O. The van der Waals surface area contributed by atoms with E-state index in [9.17, 15) is 13.6 Å². The van der Waals surface area contributed by atoms with Crippen molar-refractivity contribution in [3.8, 4) is 0 Å². The molecule has 0 bridgehead atoms. The predicted octanol–water partition coefficient (Wildman–Crippen LogP) is 1.69. The standard InChI is InChI=1S/C14H27F2N3O/c1-4-6-14(3,17)13(20)19-8-7-18(10-12(15)16)11(5-2)9-19/h11-12H,4-10,17H2,1-3H3. The second-order valence-corrected chi connectivity index (χ2v) is 5.87. The first-order chi connectivity index (χ1) is 9.31. The van der Waals surface area contributed by atoms with Crippen molar-refractivity contribution in [3.05, 3.63) is 0 Å². The number of nitrogens with zero attached hydrogens (tertiary/aromatic N) is 2. The van der Waals surface area contributed by atoms with Gasteiger partial charge in [0.05, 0.1) is 12.1 Å². The molecule has 0 aliphatic carbocycles. The zero-order valence-corrected chi connectivity index (χ0v) is 12.7. The smallest absolute Gasteiger partial charge is 0.251 e. The number of carbonyl (C=O) groups is 1. The Labute approximate surface area is 120 Å². The van der Waals surface area contributed by atoms with E-state index in [2.05, 4.69) is 0 Å². The molecule has 118 valence electrons. The van der Waals surface area contributed by atoms with E-state index in [0.29, 0.717) is 26.1 Å². The van der Waals surface area contributed by atoms with Crippen LogP contribution in [0.2, 0.25) is 0 Å². The van der Waals surface area contributed by atoms with E-state index in [0.717, 1.165) is 12.8 Å². The quantitative estimate of drug-likeness (QED) is 0.810. The highest BCUT2D eigenvalue weighted by Crippen LogP contribution is 2.19. The van der Waals surface area contributed by atoms with Crippen molar-refractivity contribution >= 4 is 5.91 Å². The molecule has 20 heavy (non-hydrogen) atoms. The Bertz CT molecular complexity index is 324. The summed E-state index contributed by atoms with van der Waals surface area (Å²) in [5.41, 5.74) is 5.23. The van der Waals surface area contributed by atoms with Gasteiger partial charge in [-0.1, -0.05) is 20.3 Å². The molecule has 2 N–H and O–H groups in total. The van der Waals surface area contributed by atoms with Crippen molar-refractivity contribution in [3.63, 3.8) is 0 Å². The van der Waals surface area contributed by atoms with E-state index >= 15 is 0 Å². The highest BCUT2D eigenvalue weighted by atomic mass is 19.3. The molecule has 2 atom stereocenters. The van der Waals surface area contributed by atoms with E-state index in [1.165, 1.54) is 0 Å². The Balaban J connectivity index is 2.66. The van der Waals surface area contributed by atoms with Crippen LogP contribution in [0.4, 0.5) is 8.78 Å². The number of alkyl halides is 2. The number of hydrogen-bond donors (Lipinski definition) is 1. The Morgan fingerprint density at radius 3 is 2.55 bits per heavy atom. The third kappa shape index (κ3) is 4.38. The molecule has 1 rings (SSSR count). The molecular weight excluding hydrogens is 264 g/mol. The van der Waals surface area contributed by atoms with Crippen LogP contribution >= 0.6 is 0 Å². The molecule has 1 fully saturated rings. The molecule has 0 aromatic carbocycles. The summed E-state index contributed by atoms with van der Waals surface area (Å²) >= 11 is 0. The topological polar surface area (TPSA) is 49.6 Å². The van der Waals surface area contributed by atoms with Crippen LogP contribution in [0.15, 0.2) is 0 Å². The number of halogens is 2. The Kier molecular flexibility index (Phi) is 6.33. The Hall–Kier alpha value is -0.750. The monoisotopic (exact) mass is 291 g/mol. The van der Waals surface area contributed by atoms with Crippen LogP contribution in [0.1, 0.15) is 40.0 Å². The minimum absolute atomic E-state index is 0.000809. The largest absolute Gasteiger partial charge is 0.338 e. The summed E-state index contributed by atoms with van der Waals surface area (Å²) in [7, 11) is 0. The second kappa shape index (κ2) is 7.31. The number of carbonyl (C=O) groups excluding carboxylic acids is 1. The zero-order valence-electron chi connectivity index (χ0n) is 12.7. The molecule has 6 heteroatoms. The van der Waals surface area contributed by atoms with Gasteiger partial charge in [-0.25, -0.2) is 8.78 Å². The number of nitrogens with two attached hydrogens (primary N) is 1. The van der Waals surface area contributed by atoms with Crippen molar-refractivity contribution in [2.24, 2.45) is 5.73 Å². The first kappa shape index (κ1) is 17.3. The van der Waals surface area contributed by atoms with E-state index < -0.39 is 12.0 Å². The second-order valence-electron chi connectivity index (χ2n) is 5.87. The molecule has 1 heterocycles. The van der Waals surface area contributed by atoms with Crippen LogP contribution in [-0.4, -0.2) is 59.9 Å². The molecule has 2 unspecified atom stereocenters. The van der Waals surface area contributed by atoms with Crippen LogP contribution in [0, 0.1) is 0 Å². The van der Waals surface area contributed by atoms with Gasteiger partial charge in [0.15, 0.2) is 0 Å². The number of hydrogen-bond acceptors (Lipinski definition) is 3. The molecule has 1 amide bonds. The van der Waals surface area contributed by atoms with Crippen molar-refractivity contribution in [1.82, 2.24) is 9.80 Å². The van der Waals surface area contributed by atoms with Crippen LogP contribution in [-0.2, 0) is 4.79 Å². The maximum atomic E-state index is 12.5. The molecule has 4 nitrogen and oxygen atoms in total. The van der Waals surface area contributed by atoms with Gasteiger partial charge in [0.25, 0.3) is 6.43 Å². The summed E-state index contributed by atoms with van der Waals surface area (Å²) in [6, 6.07) is -0.000809. The highest BCUT2D eigenvalue weighted by molar-refractivity contribution is 5.85. The van der Waals surface area contributed by atoms with Crippen LogP contribution in [0.25, 0.3) is 0 Å². The lowest BCUT2D eigenvalue weighted by atomic mass is 9.94. The minimum atomic E-state index is -2.33. The summed E-state index contributed by atoms with van der Waals surface area (Å²) in [5, 5.41) is 0. The summed E-state index contributed by atoms with van der Waals surface area (Å²) < 4.78 is 25.1. The van der Waals surface area contributed by atoms with Gasteiger partial charge >= 0.3 is 0 Å². The Morgan fingerprint density at radius 2 is 2.05 bits per heavy atom. The third-order valence-electron chi connectivity index (χ3n) is 3.99. The molecule has 0 spiro atoms. The lowest BCUT2D eigenvalue weighted by Crippen LogP contribution is -2.61. The van der Waals surface area contributed by atoms with Gasteiger partial charge in [-0.05, 0) is 19.8 Å². The van der Waals surface area contributed by atoms with Crippen LogP contribution in [0.5, 0.6) is 0 Å². The SMILES string of the molecule is CCCC(C)(N)C(=O)N1CCN(CC(F)F)C(CC)C1. The molecule has 0 aromatic heterocycles. The zero-order chi connectivity index (χ0) is 15.3. The fourth-order valence-corrected chi connectivity index (χ4v) is 2.87. The van der Waals surface area contributed by atoms with Crippen molar-refractivity contribution in [2.45, 2.75) is 58.0 Å². The van der Waals surface area contributed by atoms with Crippen molar-refractivity contribution in [2.75, 3.05) is 26.2 Å². The molecule has 0 saturated carbocycles. The summed E-state index contributed by atoms with van der Waals surface area (Å²) in [4.78, 5) is 16.0. The summed E-state index contributed by atoms with van der Waals surface area (Å²) in [6.45, 7) is 6.98. The predicted molar refractivity (Wildman–Crippen MR) is 75.7 cm³/mol. The van der Waals surface area contributed by atoms with E-state index in [1.54, 1.807) is 16.7 Å². The van der Waals surface area contributed by atoms with Gasteiger partial charge in [-0.3, -0.25) is 9.69 Å². The first-order valence-corrected chi connectivity index (χ1v) is 7.42. The van der Waals surface area contributed by atoms with Gasteiger partial charge in [-0.15, -0.1) is 0 Å². The van der Waals surface area contributed by atoms with E-state index in [4.69, 9.17) is 5.73 Å². The third-order valence-corrected chi connectivity index (χ3v) is 3.99. The molecule has 1 aliphatic heterocycles. The summed E-state index contributed by atoms with van der Waals surface area (Å²) in [6.07, 6.45) is -0.0848. The minimum Gasteiger partial charge on any atom is -0.338 e. The molecule has 1 saturated heterocycles. The molecule has 0 aromatic rings. The van der Waals surface area contributed by atoms with Crippen molar-refractivity contribution in [1.29, 1.82) is 0 Å². The highest BCUT2D eigenvalue weighted by Gasteiger charge is 2.36. The Morgan fingerprint density at radius 1 is 1.40 bits per heavy atom. The normalized spacial score (nSPS) is 23.9. The lowest BCUT2D eigenvalue weighted by Gasteiger charge is -2.43. The average Bonchev–Trinajstić information content (AvgIpc) is 2.37. The van der Waals surface area contributed by atoms with Crippen molar-refractivity contribution < 1.29 is 13.6 Å². The summed E-state index contributed by atoms with van der Waals surface area (Å²) in [5.74, 6) is -0.0607. The fourth-order valence-electron chi connectivity index (χ4n) is 2.87. The number of rotatable bonds is 6. The molecule has 0 radical (unpaired) electrons.